The molecule has 0 unspecified atom stereocenters. The predicted octanol–water partition coefficient (Wildman–Crippen LogP) is 2.04. The summed E-state index contributed by atoms with van der Waals surface area (Å²) in [5.74, 6) is 5.50. The van der Waals surface area contributed by atoms with Crippen LogP contribution in [0.25, 0.3) is 0 Å². The highest BCUT2D eigenvalue weighted by molar-refractivity contribution is 6.33. The highest BCUT2D eigenvalue weighted by Gasteiger charge is 2.05. The topological polar surface area (TPSA) is 46.2 Å². The lowest BCUT2D eigenvalue weighted by Gasteiger charge is -2.06. The molecule has 0 aliphatic rings. The van der Waals surface area contributed by atoms with Gasteiger partial charge in [0.1, 0.15) is 5.60 Å². The third kappa shape index (κ3) is 3.29. The molecule has 1 aromatic carbocycles. The van der Waals surface area contributed by atoms with Crippen LogP contribution in [0.2, 0.25) is 5.02 Å². The minimum atomic E-state index is -0.992. The van der Waals surface area contributed by atoms with Crippen molar-refractivity contribution in [3.05, 3.63) is 28.8 Å². The van der Waals surface area contributed by atoms with E-state index in [1.54, 1.807) is 32.0 Å². The molecule has 74 valence electrons. The molecule has 0 atom stereocenters. The molecule has 0 bridgehead atoms. The van der Waals surface area contributed by atoms with E-state index >= 15 is 0 Å². The minimum absolute atomic E-state index is 0.479. The van der Waals surface area contributed by atoms with Gasteiger partial charge in [0, 0.05) is 5.56 Å². The van der Waals surface area contributed by atoms with Crippen molar-refractivity contribution in [2.75, 3.05) is 5.73 Å². The number of aliphatic hydroxyl groups is 1. The van der Waals surface area contributed by atoms with Crippen LogP contribution < -0.4 is 5.73 Å². The molecule has 0 fully saturated rings. The molecule has 3 N–H and O–H groups in total. The fraction of sp³-hybridized carbons (Fsp3) is 0.273. The van der Waals surface area contributed by atoms with Gasteiger partial charge in [-0.15, -0.1) is 0 Å². The van der Waals surface area contributed by atoms with Gasteiger partial charge in [-0.25, -0.2) is 0 Å². The zero-order valence-corrected chi connectivity index (χ0v) is 8.89. The van der Waals surface area contributed by atoms with Crippen molar-refractivity contribution < 1.29 is 5.11 Å². The van der Waals surface area contributed by atoms with Gasteiger partial charge in [0.25, 0.3) is 0 Å². The molecular weight excluding hydrogens is 198 g/mol. The van der Waals surface area contributed by atoms with Gasteiger partial charge < -0.3 is 10.8 Å². The molecule has 2 nitrogen and oxygen atoms in total. The maximum Gasteiger partial charge on any atom is 0.120 e. The summed E-state index contributed by atoms with van der Waals surface area (Å²) in [6.45, 7) is 3.25. The third-order valence-corrected chi connectivity index (χ3v) is 1.84. The first-order valence-electron chi connectivity index (χ1n) is 4.19. The third-order valence-electron chi connectivity index (χ3n) is 1.51. The van der Waals surface area contributed by atoms with Gasteiger partial charge in [0.2, 0.25) is 0 Å². The number of benzene rings is 1. The molecule has 0 radical (unpaired) electrons. The van der Waals surface area contributed by atoms with E-state index in [-0.39, 0.29) is 0 Å². The maximum atomic E-state index is 9.37. The minimum Gasteiger partial charge on any atom is -0.398 e. The monoisotopic (exact) mass is 209 g/mol. The van der Waals surface area contributed by atoms with Gasteiger partial charge in [-0.05, 0) is 32.0 Å². The Kier molecular flexibility index (Phi) is 3.05. The van der Waals surface area contributed by atoms with Crippen LogP contribution in [0.4, 0.5) is 5.69 Å². The number of anilines is 1. The Balaban J connectivity index is 2.98. The summed E-state index contributed by atoms with van der Waals surface area (Å²) in [7, 11) is 0. The van der Waals surface area contributed by atoms with E-state index < -0.39 is 5.60 Å². The van der Waals surface area contributed by atoms with Crippen LogP contribution in [0.3, 0.4) is 0 Å². The number of halogens is 1. The Hall–Kier alpha value is -1.17. The fourth-order valence-corrected chi connectivity index (χ4v) is 1.01. The van der Waals surface area contributed by atoms with Gasteiger partial charge in [0.15, 0.2) is 0 Å². The van der Waals surface area contributed by atoms with Crippen molar-refractivity contribution in [2.45, 2.75) is 19.4 Å². The van der Waals surface area contributed by atoms with E-state index in [1.165, 1.54) is 0 Å². The Morgan fingerprint density at radius 1 is 1.43 bits per heavy atom. The molecule has 0 saturated heterocycles. The first kappa shape index (κ1) is 10.9. The molecule has 3 heteroatoms. The van der Waals surface area contributed by atoms with Gasteiger partial charge >= 0.3 is 0 Å². The van der Waals surface area contributed by atoms with E-state index in [9.17, 15) is 5.11 Å². The first-order valence-corrected chi connectivity index (χ1v) is 4.57. The van der Waals surface area contributed by atoms with Crippen LogP contribution in [-0.2, 0) is 0 Å². The number of nitrogen functional groups attached to an aromatic ring is 1. The number of hydrogen-bond donors (Lipinski definition) is 2. The van der Waals surface area contributed by atoms with Crippen LogP contribution >= 0.6 is 11.6 Å². The van der Waals surface area contributed by atoms with Crippen molar-refractivity contribution in [3.63, 3.8) is 0 Å². The molecule has 1 rings (SSSR count). The Morgan fingerprint density at radius 3 is 2.57 bits per heavy atom. The summed E-state index contributed by atoms with van der Waals surface area (Å²) in [6.07, 6.45) is 0. The molecule has 0 spiro atoms. The van der Waals surface area contributed by atoms with Crippen molar-refractivity contribution in [2.24, 2.45) is 0 Å². The van der Waals surface area contributed by atoms with Crippen molar-refractivity contribution >= 4 is 17.3 Å². The molecule has 0 aliphatic carbocycles. The Labute approximate surface area is 88.7 Å². The predicted molar refractivity (Wildman–Crippen MR) is 59.0 cm³/mol. The highest BCUT2D eigenvalue weighted by atomic mass is 35.5. The average molecular weight is 210 g/mol. The summed E-state index contributed by atoms with van der Waals surface area (Å²) < 4.78 is 0. The summed E-state index contributed by atoms with van der Waals surface area (Å²) >= 11 is 5.81. The molecule has 0 amide bonds. The number of nitrogens with two attached hydrogens (primary N) is 1. The summed E-state index contributed by atoms with van der Waals surface area (Å²) in [5.41, 5.74) is 5.82. The quantitative estimate of drug-likeness (QED) is 0.508. The number of hydrogen-bond acceptors (Lipinski definition) is 2. The van der Waals surface area contributed by atoms with E-state index in [0.717, 1.165) is 5.56 Å². The van der Waals surface area contributed by atoms with Gasteiger partial charge in [-0.2, -0.15) is 0 Å². The molecule has 1 aromatic rings. The number of rotatable bonds is 0. The van der Waals surface area contributed by atoms with Gasteiger partial charge in [-0.1, -0.05) is 23.4 Å². The second-order valence-corrected chi connectivity index (χ2v) is 3.95. The smallest absolute Gasteiger partial charge is 0.120 e. The van der Waals surface area contributed by atoms with E-state index in [1.807, 2.05) is 0 Å². The van der Waals surface area contributed by atoms with Crippen molar-refractivity contribution in [1.29, 1.82) is 0 Å². The summed E-state index contributed by atoms with van der Waals surface area (Å²) in [5, 5.41) is 9.85. The fourth-order valence-electron chi connectivity index (χ4n) is 0.830. The van der Waals surface area contributed by atoms with Crippen LogP contribution in [0, 0.1) is 11.8 Å². The Bertz CT molecular complexity index is 396. The lowest BCUT2D eigenvalue weighted by atomic mass is 10.1. The zero-order chi connectivity index (χ0) is 10.8. The van der Waals surface area contributed by atoms with Crippen LogP contribution in [-0.4, -0.2) is 10.7 Å². The molecule has 14 heavy (non-hydrogen) atoms. The average Bonchev–Trinajstić information content (AvgIpc) is 2.06. The first-order chi connectivity index (χ1) is 6.38. The molecule has 0 aliphatic heterocycles. The largest absolute Gasteiger partial charge is 0.398 e. The molecule has 0 saturated carbocycles. The SMILES string of the molecule is CC(C)(O)C#Cc1ccc(N)c(Cl)c1. The van der Waals surface area contributed by atoms with Gasteiger partial charge in [0.05, 0.1) is 10.7 Å². The van der Waals surface area contributed by atoms with Gasteiger partial charge in [-0.3, -0.25) is 0 Å². The zero-order valence-electron chi connectivity index (χ0n) is 8.13. The van der Waals surface area contributed by atoms with Crippen molar-refractivity contribution in [1.82, 2.24) is 0 Å². The molecular formula is C11H12ClNO. The highest BCUT2D eigenvalue weighted by Crippen LogP contribution is 2.19. The second-order valence-electron chi connectivity index (χ2n) is 3.55. The van der Waals surface area contributed by atoms with Crippen LogP contribution in [0.5, 0.6) is 0 Å². The normalized spacial score (nSPS) is 10.6. The van der Waals surface area contributed by atoms with Crippen LogP contribution in [0.15, 0.2) is 18.2 Å². The standard InChI is InChI=1S/C11H12ClNO/c1-11(2,14)6-5-8-3-4-10(13)9(12)7-8/h3-4,7,14H,13H2,1-2H3. The summed E-state index contributed by atoms with van der Waals surface area (Å²) in [4.78, 5) is 0. The lowest BCUT2D eigenvalue weighted by Crippen LogP contribution is -2.14. The molecule has 0 heterocycles. The van der Waals surface area contributed by atoms with E-state index in [0.29, 0.717) is 10.7 Å². The van der Waals surface area contributed by atoms with E-state index in [4.69, 9.17) is 17.3 Å². The van der Waals surface area contributed by atoms with Crippen LogP contribution in [0.1, 0.15) is 19.4 Å². The maximum absolute atomic E-state index is 9.37. The molecule has 0 aromatic heterocycles. The van der Waals surface area contributed by atoms with E-state index in [2.05, 4.69) is 11.8 Å². The second kappa shape index (κ2) is 3.91. The van der Waals surface area contributed by atoms with Crippen molar-refractivity contribution in [3.8, 4) is 11.8 Å². The lowest BCUT2D eigenvalue weighted by molar-refractivity contribution is 0.143. The summed E-state index contributed by atoms with van der Waals surface area (Å²) in [6, 6.07) is 5.13. The Morgan fingerprint density at radius 2 is 2.07 bits per heavy atom.